The number of halogens is 1. The first-order valence-electron chi connectivity index (χ1n) is 9.36. The molecule has 1 aliphatic heterocycles. The number of nitro groups is 1. The summed E-state index contributed by atoms with van der Waals surface area (Å²) in [4.78, 5) is 37.2. The van der Waals surface area contributed by atoms with Gasteiger partial charge in [0.25, 0.3) is 5.69 Å². The lowest BCUT2D eigenvalue weighted by atomic mass is 10.2. The van der Waals surface area contributed by atoms with Gasteiger partial charge in [-0.2, -0.15) is 0 Å². The second kappa shape index (κ2) is 8.50. The highest BCUT2D eigenvalue weighted by Gasteiger charge is 2.27. The van der Waals surface area contributed by atoms with Crippen molar-refractivity contribution in [3.8, 4) is 0 Å². The van der Waals surface area contributed by atoms with Gasteiger partial charge < -0.3 is 10.2 Å². The molecule has 0 bridgehead atoms. The summed E-state index contributed by atoms with van der Waals surface area (Å²) in [6, 6.07) is 5.60. The Balaban J connectivity index is 1.40. The van der Waals surface area contributed by atoms with Crippen LogP contribution in [0.25, 0.3) is 10.2 Å². The Bertz CT molecular complexity index is 1100. The molecule has 1 fully saturated rings. The third-order valence-electron chi connectivity index (χ3n) is 5.20. The fraction of sp³-hybridized carbons (Fsp3) is 0.316. The van der Waals surface area contributed by atoms with Crippen molar-refractivity contribution in [2.24, 2.45) is 0 Å². The predicted molar refractivity (Wildman–Crippen MR) is 117 cm³/mol. The number of amides is 1. The molecule has 1 aromatic carbocycles. The molecule has 1 aliphatic rings. The monoisotopic (exact) mass is 446 g/mol. The van der Waals surface area contributed by atoms with Crippen LogP contribution in [0.2, 0.25) is 5.02 Å². The van der Waals surface area contributed by atoms with E-state index in [0.29, 0.717) is 13.1 Å². The Morgan fingerprint density at radius 2 is 2.03 bits per heavy atom. The number of hydrogen-bond acceptors (Lipinski definition) is 8. The average molecular weight is 447 g/mol. The molecule has 1 saturated heterocycles. The molecule has 1 atom stereocenters. The van der Waals surface area contributed by atoms with Gasteiger partial charge >= 0.3 is 0 Å². The molecule has 3 heterocycles. The number of rotatable bonds is 5. The zero-order valence-corrected chi connectivity index (χ0v) is 17.7. The van der Waals surface area contributed by atoms with E-state index in [9.17, 15) is 14.9 Å². The highest BCUT2D eigenvalue weighted by molar-refractivity contribution is 7.16. The number of thiophene rings is 1. The van der Waals surface area contributed by atoms with Gasteiger partial charge in [0.1, 0.15) is 17.0 Å². The molecule has 1 amide bonds. The minimum absolute atomic E-state index is 0.124. The van der Waals surface area contributed by atoms with E-state index in [2.05, 4.69) is 25.1 Å². The molecule has 0 saturated carbocycles. The second-order valence-corrected chi connectivity index (χ2v) is 8.25. The summed E-state index contributed by atoms with van der Waals surface area (Å²) in [5, 5.41) is 17.0. The number of nitro benzene ring substituents is 1. The first kappa shape index (κ1) is 20.5. The molecule has 0 radical (unpaired) electrons. The molecule has 9 nitrogen and oxygen atoms in total. The third kappa shape index (κ3) is 4.07. The smallest absolute Gasteiger partial charge is 0.271 e. The summed E-state index contributed by atoms with van der Waals surface area (Å²) >= 11 is 7.68. The number of hydrogen-bond donors (Lipinski definition) is 1. The summed E-state index contributed by atoms with van der Waals surface area (Å²) in [5.41, 5.74) is 0.114. The number of nitrogens with zero attached hydrogens (tertiary/aromatic N) is 5. The molecule has 1 N–H and O–H groups in total. The Hall–Kier alpha value is -2.82. The Morgan fingerprint density at radius 1 is 1.27 bits per heavy atom. The molecule has 4 rings (SSSR count). The summed E-state index contributed by atoms with van der Waals surface area (Å²) in [7, 11) is 0. The number of anilines is 2. The van der Waals surface area contributed by atoms with Gasteiger partial charge in [-0.3, -0.25) is 19.8 Å². The number of non-ortho nitro benzene ring substituents is 1. The highest BCUT2D eigenvalue weighted by Crippen LogP contribution is 2.29. The Kier molecular flexibility index (Phi) is 5.80. The number of carbonyl (C=O) groups excluding carboxylic acids is 1. The van der Waals surface area contributed by atoms with Crippen LogP contribution in [-0.2, 0) is 4.79 Å². The van der Waals surface area contributed by atoms with Crippen molar-refractivity contribution < 1.29 is 9.72 Å². The molecular formula is C19H19ClN6O3S. The normalized spacial score (nSPS) is 15.9. The number of benzene rings is 1. The minimum Gasteiger partial charge on any atom is -0.353 e. The van der Waals surface area contributed by atoms with E-state index in [1.807, 2.05) is 18.4 Å². The lowest BCUT2D eigenvalue weighted by Gasteiger charge is -2.38. The van der Waals surface area contributed by atoms with Gasteiger partial charge in [0.15, 0.2) is 0 Å². The first-order chi connectivity index (χ1) is 14.4. The van der Waals surface area contributed by atoms with Gasteiger partial charge in [-0.25, -0.2) is 9.97 Å². The van der Waals surface area contributed by atoms with E-state index in [1.54, 1.807) is 17.7 Å². The van der Waals surface area contributed by atoms with E-state index >= 15 is 0 Å². The maximum Gasteiger partial charge on any atom is 0.271 e. The van der Waals surface area contributed by atoms with Gasteiger partial charge in [-0.05, 0) is 24.4 Å². The molecule has 3 aromatic rings. The van der Waals surface area contributed by atoms with E-state index in [4.69, 9.17) is 11.6 Å². The van der Waals surface area contributed by atoms with Crippen LogP contribution in [0.1, 0.15) is 6.92 Å². The van der Waals surface area contributed by atoms with Crippen molar-refractivity contribution in [2.75, 3.05) is 36.4 Å². The fourth-order valence-corrected chi connectivity index (χ4v) is 4.37. The third-order valence-corrected chi connectivity index (χ3v) is 6.35. The molecule has 0 spiro atoms. The summed E-state index contributed by atoms with van der Waals surface area (Å²) in [6.07, 6.45) is 1.58. The van der Waals surface area contributed by atoms with Crippen LogP contribution < -0.4 is 10.2 Å². The molecule has 2 aromatic heterocycles. The van der Waals surface area contributed by atoms with Gasteiger partial charge in [0, 0.05) is 38.3 Å². The largest absolute Gasteiger partial charge is 0.353 e. The number of aromatic nitrogens is 2. The lowest BCUT2D eigenvalue weighted by Crippen LogP contribution is -2.53. The number of carbonyl (C=O) groups is 1. The SMILES string of the molecule is CC(C(=O)Nc1cc([N+](=O)[O-])ccc1Cl)N1CCN(c2ncnc3sccc23)CC1. The van der Waals surface area contributed by atoms with Crippen molar-refractivity contribution in [3.05, 3.63) is 51.1 Å². The zero-order chi connectivity index (χ0) is 21.3. The summed E-state index contributed by atoms with van der Waals surface area (Å²) < 4.78 is 0. The zero-order valence-electron chi connectivity index (χ0n) is 16.1. The van der Waals surface area contributed by atoms with Crippen LogP contribution in [0.15, 0.2) is 36.0 Å². The lowest BCUT2D eigenvalue weighted by molar-refractivity contribution is -0.384. The fourth-order valence-electron chi connectivity index (χ4n) is 3.48. The first-order valence-corrected chi connectivity index (χ1v) is 10.6. The van der Waals surface area contributed by atoms with Crippen molar-refractivity contribution in [1.29, 1.82) is 0 Å². The van der Waals surface area contributed by atoms with Crippen LogP contribution in [0.5, 0.6) is 0 Å². The summed E-state index contributed by atoms with van der Waals surface area (Å²) in [5.74, 6) is 0.662. The van der Waals surface area contributed by atoms with Crippen molar-refractivity contribution in [3.63, 3.8) is 0 Å². The quantitative estimate of drug-likeness (QED) is 0.473. The van der Waals surface area contributed by atoms with Gasteiger partial charge in [-0.1, -0.05) is 11.6 Å². The van der Waals surface area contributed by atoms with Crippen LogP contribution in [0.3, 0.4) is 0 Å². The summed E-state index contributed by atoms with van der Waals surface area (Å²) in [6.45, 7) is 4.66. The number of nitrogens with one attached hydrogen (secondary N) is 1. The maximum absolute atomic E-state index is 12.7. The van der Waals surface area contributed by atoms with Gasteiger partial charge in [-0.15, -0.1) is 11.3 Å². The average Bonchev–Trinajstić information content (AvgIpc) is 3.23. The van der Waals surface area contributed by atoms with Gasteiger partial charge in [0.2, 0.25) is 5.91 Å². The van der Waals surface area contributed by atoms with E-state index in [-0.39, 0.29) is 22.3 Å². The van der Waals surface area contributed by atoms with Crippen LogP contribution in [0, 0.1) is 10.1 Å². The predicted octanol–water partition coefficient (Wildman–Crippen LogP) is 3.40. The molecule has 0 aliphatic carbocycles. The topological polar surface area (TPSA) is 104 Å². The van der Waals surface area contributed by atoms with E-state index in [0.717, 1.165) is 29.1 Å². The van der Waals surface area contributed by atoms with Crippen LogP contribution in [-0.4, -0.2) is 57.9 Å². The Morgan fingerprint density at radius 3 is 2.77 bits per heavy atom. The molecule has 156 valence electrons. The van der Waals surface area contributed by atoms with Crippen LogP contribution in [0.4, 0.5) is 17.2 Å². The molecule has 1 unspecified atom stereocenters. The van der Waals surface area contributed by atoms with Crippen molar-refractivity contribution in [1.82, 2.24) is 14.9 Å². The number of piperazine rings is 1. The van der Waals surface area contributed by atoms with Gasteiger partial charge in [0.05, 0.1) is 27.1 Å². The van der Waals surface area contributed by atoms with E-state index < -0.39 is 11.0 Å². The maximum atomic E-state index is 12.7. The number of fused-ring (bicyclic) bond motifs is 1. The molecule has 11 heteroatoms. The standard InChI is InChI=1S/C19H19ClN6O3S/c1-12(18(27)23-16-10-13(26(28)29)2-3-15(16)20)24-5-7-25(8-6-24)17-14-4-9-30-19(14)22-11-21-17/h2-4,9-12H,5-8H2,1H3,(H,23,27). The molecule has 30 heavy (non-hydrogen) atoms. The van der Waals surface area contributed by atoms with E-state index in [1.165, 1.54) is 18.2 Å². The Labute approximate surface area is 181 Å². The highest BCUT2D eigenvalue weighted by atomic mass is 35.5. The van der Waals surface area contributed by atoms with Crippen LogP contribution >= 0.6 is 22.9 Å². The molecular weight excluding hydrogens is 428 g/mol. The minimum atomic E-state index is -0.522. The van der Waals surface area contributed by atoms with Crippen molar-refractivity contribution in [2.45, 2.75) is 13.0 Å². The second-order valence-electron chi connectivity index (χ2n) is 6.95. The van der Waals surface area contributed by atoms with Crippen molar-refractivity contribution >= 4 is 56.3 Å².